The smallest absolute Gasteiger partial charge is 0.267 e. The van der Waals surface area contributed by atoms with Gasteiger partial charge in [-0.2, -0.15) is 5.10 Å². The standard InChI is InChI=1S/C13H8Cl2N4O3/c14-10-5-11(15)12(19(21)22)4-9(10)7-17-18-13(20)8-2-1-3-16-6-8/h1-7H,(H,18,20)/b17-7-. The van der Waals surface area contributed by atoms with Crippen LogP contribution in [0.1, 0.15) is 15.9 Å². The van der Waals surface area contributed by atoms with Crippen LogP contribution in [0.25, 0.3) is 0 Å². The van der Waals surface area contributed by atoms with Crippen LogP contribution < -0.4 is 5.43 Å². The van der Waals surface area contributed by atoms with Crippen LogP contribution in [0.15, 0.2) is 41.8 Å². The van der Waals surface area contributed by atoms with Crippen molar-refractivity contribution in [2.45, 2.75) is 0 Å². The summed E-state index contributed by atoms with van der Waals surface area (Å²) in [4.78, 5) is 25.7. The van der Waals surface area contributed by atoms with E-state index in [-0.39, 0.29) is 21.3 Å². The first-order valence-electron chi connectivity index (χ1n) is 5.86. The van der Waals surface area contributed by atoms with Gasteiger partial charge in [0.2, 0.25) is 0 Å². The lowest BCUT2D eigenvalue weighted by molar-refractivity contribution is -0.384. The molecule has 0 fully saturated rings. The number of carbonyl (C=O) groups is 1. The van der Waals surface area contributed by atoms with Crippen LogP contribution in [0.4, 0.5) is 5.69 Å². The lowest BCUT2D eigenvalue weighted by atomic mass is 10.2. The highest BCUT2D eigenvalue weighted by Crippen LogP contribution is 2.29. The van der Waals surface area contributed by atoms with E-state index in [9.17, 15) is 14.9 Å². The zero-order chi connectivity index (χ0) is 16.1. The van der Waals surface area contributed by atoms with Crippen LogP contribution in [0.2, 0.25) is 10.0 Å². The molecule has 1 N–H and O–H groups in total. The molecule has 9 heteroatoms. The average Bonchev–Trinajstić information content (AvgIpc) is 2.49. The molecule has 1 heterocycles. The Morgan fingerprint density at radius 3 is 2.77 bits per heavy atom. The molecular formula is C13H8Cl2N4O3. The SMILES string of the molecule is O=C(N/N=C\c1cc([N+](=O)[O-])c(Cl)cc1Cl)c1cccnc1. The Morgan fingerprint density at radius 2 is 2.14 bits per heavy atom. The third kappa shape index (κ3) is 3.78. The van der Waals surface area contributed by atoms with Gasteiger partial charge in [0.15, 0.2) is 0 Å². The van der Waals surface area contributed by atoms with Crippen molar-refractivity contribution in [3.8, 4) is 0 Å². The van der Waals surface area contributed by atoms with E-state index in [1.54, 1.807) is 12.1 Å². The van der Waals surface area contributed by atoms with Gasteiger partial charge >= 0.3 is 0 Å². The van der Waals surface area contributed by atoms with E-state index >= 15 is 0 Å². The molecule has 0 aliphatic rings. The second-order valence-electron chi connectivity index (χ2n) is 4.02. The predicted molar refractivity (Wildman–Crippen MR) is 82.4 cm³/mol. The maximum atomic E-state index is 11.7. The number of nitrogens with one attached hydrogen (secondary N) is 1. The number of nitrogens with zero attached hydrogens (tertiary/aromatic N) is 3. The average molecular weight is 339 g/mol. The molecule has 0 saturated carbocycles. The monoisotopic (exact) mass is 338 g/mol. The molecule has 2 aromatic rings. The van der Waals surface area contributed by atoms with Gasteiger partial charge in [0.05, 0.1) is 21.7 Å². The van der Waals surface area contributed by atoms with Crippen molar-refractivity contribution in [2.24, 2.45) is 5.10 Å². The number of aromatic nitrogens is 1. The first-order chi connectivity index (χ1) is 10.5. The first kappa shape index (κ1) is 15.9. The molecule has 0 radical (unpaired) electrons. The summed E-state index contributed by atoms with van der Waals surface area (Å²) in [5.74, 6) is -0.469. The van der Waals surface area contributed by atoms with E-state index in [1.165, 1.54) is 30.7 Å². The van der Waals surface area contributed by atoms with E-state index in [1.807, 2.05) is 0 Å². The van der Waals surface area contributed by atoms with Gasteiger partial charge in [0.1, 0.15) is 5.02 Å². The van der Waals surface area contributed by atoms with E-state index in [0.717, 1.165) is 0 Å². The molecule has 0 aliphatic carbocycles. The number of carbonyl (C=O) groups excluding carboxylic acids is 1. The maximum absolute atomic E-state index is 11.7. The van der Waals surface area contributed by atoms with Crippen molar-refractivity contribution in [1.82, 2.24) is 10.4 Å². The van der Waals surface area contributed by atoms with E-state index < -0.39 is 10.8 Å². The third-order valence-corrected chi connectivity index (χ3v) is 3.19. The minimum Gasteiger partial charge on any atom is -0.267 e. The highest BCUT2D eigenvalue weighted by molar-refractivity contribution is 6.37. The van der Waals surface area contributed by atoms with Gasteiger partial charge in [-0.25, -0.2) is 5.43 Å². The van der Waals surface area contributed by atoms with Crippen LogP contribution in [-0.2, 0) is 0 Å². The Kier molecular flexibility index (Phi) is 5.03. The number of rotatable bonds is 4. The lowest BCUT2D eigenvalue weighted by Gasteiger charge is -2.01. The van der Waals surface area contributed by atoms with Crippen molar-refractivity contribution in [1.29, 1.82) is 0 Å². The topological polar surface area (TPSA) is 97.5 Å². The summed E-state index contributed by atoms with van der Waals surface area (Å²) in [6.45, 7) is 0. The number of hydrazone groups is 1. The Morgan fingerprint density at radius 1 is 1.36 bits per heavy atom. The van der Waals surface area contributed by atoms with Gasteiger partial charge < -0.3 is 0 Å². The molecule has 22 heavy (non-hydrogen) atoms. The molecule has 0 atom stereocenters. The number of nitro benzene ring substituents is 1. The summed E-state index contributed by atoms with van der Waals surface area (Å²) in [6, 6.07) is 5.59. The molecule has 0 aliphatic heterocycles. The normalized spacial score (nSPS) is 10.6. The minimum atomic E-state index is -0.635. The molecule has 7 nitrogen and oxygen atoms in total. The van der Waals surface area contributed by atoms with Crippen LogP contribution >= 0.6 is 23.2 Å². The van der Waals surface area contributed by atoms with Gasteiger partial charge in [-0.3, -0.25) is 19.9 Å². The number of hydrogen-bond donors (Lipinski definition) is 1. The van der Waals surface area contributed by atoms with E-state index in [2.05, 4.69) is 15.5 Å². The zero-order valence-corrected chi connectivity index (χ0v) is 12.4. The Labute approximate surface area is 134 Å². The number of amides is 1. The van der Waals surface area contributed by atoms with Gasteiger partial charge in [0, 0.05) is 24.0 Å². The Hall–Kier alpha value is -2.51. The summed E-state index contributed by atoms with van der Waals surface area (Å²) >= 11 is 11.6. The van der Waals surface area contributed by atoms with E-state index in [4.69, 9.17) is 23.2 Å². The van der Waals surface area contributed by atoms with Gasteiger partial charge in [-0.15, -0.1) is 0 Å². The van der Waals surface area contributed by atoms with Crippen molar-refractivity contribution < 1.29 is 9.72 Å². The first-order valence-corrected chi connectivity index (χ1v) is 6.61. The van der Waals surface area contributed by atoms with Gasteiger partial charge in [0.25, 0.3) is 11.6 Å². The zero-order valence-electron chi connectivity index (χ0n) is 10.9. The van der Waals surface area contributed by atoms with Gasteiger partial charge in [-0.05, 0) is 18.2 Å². The molecule has 0 spiro atoms. The van der Waals surface area contributed by atoms with Crippen molar-refractivity contribution in [3.05, 3.63) is 67.9 Å². The highest BCUT2D eigenvalue weighted by Gasteiger charge is 2.15. The summed E-state index contributed by atoms with van der Waals surface area (Å²) in [5, 5.41) is 14.6. The van der Waals surface area contributed by atoms with Crippen LogP contribution in [0, 0.1) is 10.1 Å². The number of halogens is 2. The fourth-order valence-electron chi connectivity index (χ4n) is 1.51. The third-order valence-electron chi connectivity index (χ3n) is 2.56. The lowest BCUT2D eigenvalue weighted by Crippen LogP contribution is -2.17. The number of hydrogen-bond acceptors (Lipinski definition) is 5. The molecular weight excluding hydrogens is 331 g/mol. The largest absolute Gasteiger partial charge is 0.288 e. The molecule has 1 amide bonds. The molecule has 0 bridgehead atoms. The molecule has 0 unspecified atom stereocenters. The van der Waals surface area contributed by atoms with Crippen molar-refractivity contribution >= 4 is 41.0 Å². The molecule has 2 rings (SSSR count). The highest BCUT2D eigenvalue weighted by atomic mass is 35.5. The number of benzene rings is 1. The fourth-order valence-corrected chi connectivity index (χ4v) is 2.02. The van der Waals surface area contributed by atoms with Crippen molar-refractivity contribution in [2.75, 3.05) is 0 Å². The molecule has 1 aromatic carbocycles. The molecule has 1 aromatic heterocycles. The molecule has 0 saturated heterocycles. The van der Waals surface area contributed by atoms with Gasteiger partial charge in [-0.1, -0.05) is 23.2 Å². The fraction of sp³-hybridized carbons (Fsp3) is 0. The minimum absolute atomic E-state index is 0.0773. The predicted octanol–water partition coefficient (Wildman–Crippen LogP) is 3.06. The maximum Gasteiger partial charge on any atom is 0.288 e. The Bertz CT molecular complexity index is 750. The summed E-state index contributed by atoms with van der Waals surface area (Å²) in [6.07, 6.45) is 4.11. The second-order valence-corrected chi connectivity index (χ2v) is 4.84. The quantitative estimate of drug-likeness (QED) is 0.526. The van der Waals surface area contributed by atoms with Crippen molar-refractivity contribution in [3.63, 3.8) is 0 Å². The second kappa shape index (κ2) is 6.97. The summed E-state index contributed by atoms with van der Waals surface area (Å²) in [7, 11) is 0. The van der Waals surface area contributed by atoms with Crippen LogP contribution in [-0.4, -0.2) is 22.0 Å². The van der Waals surface area contributed by atoms with E-state index in [0.29, 0.717) is 5.56 Å². The molecule has 112 valence electrons. The summed E-state index contributed by atoms with van der Waals surface area (Å²) in [5.41, 5.74) is 2.55. The Balaban J connectivity index is 2.15. The number of pyridine rings is 1. The summed E-state index contributed by atoms with van der Waals surface area (Å²) < 4.78 is 0. The van der Waals surface area contributed by atoms with Crippen LogP contribution in [0.5, 0.6) is 0 Å². The number of nitro groups is 1. The van der Waals surface area contributed by atoms with Crippen LogP contribution in [0.3, 0.4) is 0 Å².